The molecule has 2 aromatic rings. The first-order valence-electron chi connectivity index (χ1n) is 6.43. The molecule has 2 heterocycles. The van der Waals surface area contributed by atoms with E-state index in [2.05, 4.69) is 26.8 Å². The van der Waals surface area contributed by atoms with E-state index in [9.17, 15) is 0 Å². The van der Waals surface area contributed by atoms with Crippen LogP contribution in [0.15, 0.2) is 18.5 Å². The largest absolute Gasteiger partial charge is 0.384 e. The molecule has 1 aliphatic rings. The average molecular weight is 243 g/mol. The summed E-state index contributed by atoms with van der Waals surface area (Å²) >= 11 is 0. The van der Waals surface area contributed by atoms with Crippen molar-refractivity contribution in [3.8, 4) is 0 Å². The van der Waals surface area contributed by atoms with Gasteiger partial charge in [0, 0.05) is 12.6 Å². The molecular formula is C13H17N5. The van der Waals surface area contributed by atoms with E-state index in [0.29, 0.717) is 17.5 Å². The summed E-state index contributed by atoms with van der Waals surface area (Å²) in [6.07, 6.45) is 5.21. The van der Waals surface area contributed by atoms with Crippen molar-refractivity contribution in [1.82, 2.24) is 15.0 Å². The normalized spacial score (nSPS) is 14.9. The summed E-state index contributed by atoms with van der Waals surface area (Å²) in [7, 11) is 0. The number of aromatic nitrogens is 3. The minimum absolute atomic E-state index is 0.501. The fourth-order valence-corrected chi connectivity index (χ4v) is 2.26. The van der Waals surface area contributed by atoms with Crippen LogP contribution in [0.2, 0.25) is 0 Å². The van der Waals surface area contributed by atoms with Gasteiger partial charge in [0.2, 0.25) is 0 Å². The van der Waals surface area contributed by atoms with Crippen molar-refractivity contribution in [1.29, 1.82) is 0 Å². The van der Waals surface area contributed by atoms with Crippen LogP contribution in [-0.2, 0) is 0 Å². The molecule has 0 bridgehead atoms. The number of pyridine rings is 1. The summed E-state index contributed by atoms with van der Waals surface area (Å²) in [5, 5.41) is 0.993. The fraction of sp³-hybridized carbons (Fsp3) is 0.462. The molecule has 0 unspecified atom stereocenters. The highest BCUT2D eigenvalue weighted by Crippen LogP contribution is 2.33. The molecule has 1 saturated carbocycles. The van der Waals surface area contributed by atoms with Crippen LogP contribution in [0.25, 0.3) is 11.0 Å². The molecule has 0 radical (unpaired) electrons. The Labute approximate surface area is 106 Å². The number of fused-ring (bicyclic) bond motifs is 1. The van der Waals surface area contributed by atoms with Gasteiger partial charge in [0.15, 0.2) is 5.65 Å². The molecule has 3 rings (SSSR count). The Bertz CT molecular complexity index is 564. The van der Waals surface area contributed by atoms with Crippen LogP contribution in [-0.4, -0.2) is 27.5 Å². The number of nitrogens with zero attached hydrogens (tertiary/aromatic N) is 4. The zero-order valence-corrected chi connectivity index (χ0v) is 10.5. The van der Waals surface area contributed by atoms with Gasteiger partial charge < -0.3 is 10.6 Å². The van der Waals surface area contributed by atoms with Gasteiger partial charge in [-0.15, -0.1) is 0 Å². The molecule has 1 fully saturated rings. The van der Waals surface area contributed by atoms with Crippen LogP contribution < -0.4 is 10.6 Å². The maximum Gasteiger partial charge on any atom is 0.166 e. The Morgan fingerprint density at radius 2 is 2.17 bits per heavy atom. The number of nitrogen functional groups attached to an aromatic ring is 1. The summed E-state index contributed by atoms with van der Waals surface area (Å²) in [6.45, 7) is 3.22. The second-order valence-corrected chi connectivity index (χ2v) is 4.73. The van der Waals surface area contributed by atoms with E-state index in [1.807, 2.05) is 12.1 Å². The predicted molar refractivity (Wildman–Crippen MR) is 72.4 cm³/mol. The van der Waals surface area contributed by atoms with Gasteiger partial charge in [-0.05, 0) is 31.4 Å². The highest BCUT2D eigenvalue weighted by atomic mass is 15.2. The first-order valence-corrected chi connectivity index (χ1v) is 6.43. The van der Waals surface area contributed by atoms with Crippen molar-refractivity contribution in [2.75, 3.05) is 17.2 Å². The van der Waals surface area contributed by atoms with Crippen LogP contribution in [0.3, 0.4) is 0 Å². The van der Waals surface area contributed by atoms with Crippen LogP contribution >= 0.6 is 0 Å². The van der Waals surface area contributed by atoms with Crippen LogP contribution in [0, 0.1) is 0 Å². The second-order valence-electron chi connectivity index (χ2n) is 4.73. The zero-order valence-electron chi connectivity index (χ0n) is 10.5. The monoisotopic (exact) mass is 243 g/mol. The smallest absolute Gasteiger partial charge is 0.166 e. The molecule has 0 amide bonds. The average Bonchev–Trinajstić information content (AvgIpc) is 3.19. The fourth-order valence-electron chi connectivity index (χ4n) is 2.26. The Balaban J connectivity index is 2.09. The third-order valence-electron chi connectivity index (χ3n) is 3.22. The van der Waals surface area contributed by atoms with Crippen molar-refractivity contribution >= 4 is 22.7 Å². The van der Waals surface area contributed by atoms with Crippen LogP contribution in [0.5, 0.6) is 0 Å². The quantitative estimate of drug-likeness (QED) is 0.889. The van der Waals surface area contributed by atoms with Gasteiger partial charge in [0.05, 0.1) is 5.39 Å². The van der Waals surface area contributed by atoms with Gasteiger partial charge in [-0.3, -0.25) is 0 Å². The molecule has 0 spiro atoms. The molecule has 2 aromatic heterocycles. The number of nitrogens with two attached hydrogens (primary N) is 1. The lowest BCUT2D eigenvalue weighted by atomic mass is 10.2. The molecular weight excluding hydrogens is 226 g/mol. The molecule has 0 atom stereocenters. The molecule has 94 valence electrons. The highest BCUT2D eigenvalue weighted by Gasteiger charge is 2.30. The SMILES string of the molecule is CCCN(c1ncnc2nc(N)ccc12)C1CC1. The molecule has 18 heavy (non-hydrogen) atoms. The Hall–Kier alpha value is -1.91. The molecule has 5 nitrogen and oxygen atoms in total. The van der Waals surface area contributed by atoms with E-state index in [1.165, 1.54) is 12.8 Å². The summed E-state index contributed by atoms with van der Waals surface area (Å²) in [5.41, 5.74) is 6.38. The van der Waals surface area contributed by atoms with Gasteiger partial charge in [0.1, 0.15) is 18.0 Å². The maximum absolute atomic E-state index is 5.70. The summed E-state index contributed by atoms with van der Waals surface area (Å²) in [6, 6.07) is 4.42. The topological polar surface area (TPSA) is 67.9 Å². The third-order valence-corrected chi connectivity index (χ3v) is 3.22. The van der Waals surface area contributed by atoms with E-state index in [1.54, 1.807) is 6.33 Å². The Morgan fingerprint density at radius 3 is 2.89 bits per heavy atom. The lowest BCUT2D eigenvalue weighted by Gasteiger charge is -2.23. The Kier molecular flexibility index (Phi) is 2.74. The van der Waals surface area contributed by atoms with Gasteiger partial charge in [0.25, 0.3) is 0 Å². The van der Waals surface area contributed by atoms with Gasteiger partial charge in [-0.1, -0.05) is 6.92 Å². The summed E-state index contributed by atoms with van der Waals surface area (Å²) in [5.74, 6) is 1.50. The first kappa shape index (κ1) is 11.2. The predicted octanol–water partition coefficient (Wildman–Crippen LogP) is 1.99. The molecule has 2 N–H and O–H groups in total. The van der Waals surface area contributed by atoms with Gasteiger partial charge in [-0.25, -0.2) is 15.0 Å². The molecule has 5 heteroatoms. The van der Waals surface area contributed by atoms with E-state index < -0.39 is 0 Å². The lowest BCUT2D eigenvalue weighted by molar-refractivity contribution is 0.752. The van der Waals surface area contributed by atoms with Crippen LogP contribution in [0.4, 0.5) is 11.6 Å². The second kappa shape index (κ2) is 4.40. The van der Waals surface area contributed by atoms with Gasteiger partial charge in [-0.2, -0.15) is 0 Å². The van der Waals surface area contributed by atoms with Gasteiger partial charge >= 0.3 is 0 Å². The lowest BCUT2D eigenvalue weighted by Crippen LogP contribution is -2.27. The van der Waals surface area contributed by atoms with E-state index in [0.717, 1.165) is 24.2 Å². The minimum atomic E-state index is 0.501. The van der Waals surface area contributed by atoms with Crippen molar-refractivity contribution in [2.24, 2.45) is 0 Å². The number of rotatable bonds is 4. The van der Waals surface area contributed by atoms with Crippen molar-refractivity contribution < 1.29 is 0 Å². The molecule has 0 aromatic carbocycles. The number of hydrogen-bond acceptors (Lipinski definition) is 5. The zero-order chi connectivity index (χ0) is 12.5. The molecule has 0 aliphatic heterocycles. The van der Waals surface area contributed by atoms with E-state index >= 15 is 0 Å². The minimum Gasteiger partial charge on any atom is -0.384 e. The van der Waals surface area contributed by atoms with E-state index in [4.69, 9.17) is 5.73 Å². The number of anilines is 2. The first-order chi connectivity index (χ1) is 8.79. The summed E-state index contributed by atoms with van der Waals surface area (Å²) in [4.78, 5) is 15.3. The standard InChI is InChI=1S/C13H17N5/c1-2-7-18(9-3-4-9)13-10-5-6-11(14)17-12(10)15-8-16-13/h5-6,8-9H,2-4,7H2,1H3,(H2,14,15,16,17). The number of hydrogen-bond donors (Lipinski definition) is 1. The van der Waals surface area contributed by atoms with Crippen molar-refractivity contribution in [3.63, 3.8) is 0 Å². The van der Waals surface area contributed by atoms with E-state index in [-0.39, 0.29) is 0 Å². The van der Waals surface area contributed by atoms with Crippen molar-refractivity contribution in [2.45, 2.75) is 32.2 Å². The maximum atomic E-state index is 5.70. The Morgan fingerprint density at radius 1 is 1.33 bits per heavy atom. The molecule has 0 saturated heterocycles. The van der Waals surface area contributed by atoms with Crippen LogP contribution in [0.1, 0.15) is 26.2 Å². The van der Waals surface area contributed by atoms with Crippen molar-refractivity contribution in [3.05, 3.63) is 18.5 Å². The third kappa shape index (κ3) is 1.96. The summed E-state index contributed by atoms with van der Waals surface area (Å²) < 4.78 is 0. The molecule has 1 aliphatic carbocycles. The highest BCUT2D eigenvalue weighted by molar-refractivity contribution is 5.87.